The van der Waals surface area contributed by atoms with Crippen molar-refractivity contribution in [1.29, 1.82) is 0 Å². The highest BCUT2D eigenvalue weighted by molar-refractivity contribution is 5.44. The predicted octanol–water partition coefficient (Wildman–Crippen LogP) is 2.33. The molecule has 1 saturated carbocycles. The number of rotatable bonds is 0. The van der Waals surface area contributed by atoms with E-state index in [9.17, 15) is 5.11 Å². The molecule has 86 valence electrons. The lowest BCUT2D eigenvalue weighted by Gasteiger charge is -2.49. The highest BCUT2D eigenvalue weighted by Gasteiger charge is 2.45. The van der Waals surface area contributed by atoms with Gasteiger partial charge in [0, 0.05) is 11.5 Å². The summed E-state index contributed by atoms with van der Waals surface area (Å²) in [5, 5.41) is 9.65. The number of fused-ring (bicyclic) bond motifs is 4. The van der Waals surface area contributed by atoms with Gasteiger partial charge >= 0.3 is 0 Å². The number of hydrogen-bond donors (Lipinski definition) is 2. The Morgan fingerprint density at radius 3 is 3.06 bits per heavy atom. The van der Waals surface area contributed by atoms with E-state index in [2.05, 4.69) is 13.0 Å². The van der Waals surface area contributed by atoms with Gasteiger partial charge in [-0.3, -0.25) is 0 Å². The lowest BCUT2D eigenvalue weighted by Crippen LogP contribution is -2.54. The van der Waals surface area contributed by atoms with Gasteiger partial charge in [0.1, 0.15) is 5.75 Å². The lowest BCUT2D eigenvalue weighted by atomic mass is 9.57. The number of phenolic OH excluding ortho intramolecular Hbond substituents is 1. The second-order valence-electron chi connectivity index (χ2n) is 5.64. The monoisotopic (exact) mass is 217 g/mol. The first-order chi connectivity index (χ1) is 7.61. The molecule has 0 aromatic heterocycles. The Bertz CT molecular complexity index is 429. The highest BCUT2D eigenvalue weighted by Crippen LogP contribution is 2.48. The van der Waals surface area contributed by atoms with Crippen LogP contribution in [-0.4, -0.2) is 11.1 Å². The summed E-state index contributed by atoms with van der Waals surface area (Å²) < 4.78 is 0. The van der Waals surface area contributed by atoms with Crippen LogP contribution in [0.3, 0.4) is 0 Å². The van der Waals surface area contributed by atoms with Crippen LogP contribution in [-0.2, 0) is 11.8 Å². The minimum atomic E-state index is 0.0786. The molecule has 3 N–H and O–H groups in total. The molecule has 0 radical (unpaired) electrons. The van der Waals surface area contributed by atoms with Crippen molar-refractivity contribution in [3.8, 4) is 5.75 Å². The van der Waals surface area contributed by atoms with Crippen molar-refractivity contribution in [1.82, 2.24) is 0 Å². The molecule has 2 aliphatic carbocycles. The zero-order chi connectivity index (χ0) is 11.3. The Labute approximate surface area is 96.5 Å². The Kier molecular flexibility index (Phi) is 2.05. The molecule has 2 bridgehead atoms. The standard InChI is InChI=1S/C14H19NO/c1-14-6-2-3-10(13(14)15)7-9-4-5-11(16)8-12(9)14/h4-5,8,10,13,16H,2-3,6-7,15H2,1H3/t10?,13-,14+/m0/s1. The van der Waals surface area contributed by atoms with Gasteiger partial charge in [0.2, 0.25) is 0 Å². The fourth-order valence-electron chi connectivity index (χ4n) is 3.70. The summed E-state index contributed by atoms with van der Waals surface area (Å²) in [4.78, 5) is 0. The maximum Gasteiger partial charge on any atom is 0.115 e. The van der Waals surface area contributed by atoms with Gasteiger partial charge in [-0.05, 0) is 48.4 Å². The van der Waals surface area contributed by atoms with Crippen LogP contribution in [0.4, 0.5) is 0 Å². The van der Waals surface area contributed by atoms with Crippen molar-refractivity contribution in [3.05, 3.63) is 29.3 Å². The van der Waals surface area contributed by atoms with E-state index in [1.807, 2.05) is 6.07 Å². The quantitative estimate of drug-likeness (QED) is 0.700. The van der Waals surface area contributed by atoms with E-state index in [0.717, 1.165) is 12.8 Å². The van der Waals surface area contributed by atoms with E-state index in [1.165, 1.54) is 24.0 Å². The van der Waals surface area contributed by atoms with E-state index in [1.54, 1.807) is 6.07 Å². The van der Waals surface area contributed by atoms with Gasteiger partial charge in [-0.15, -0.1) is 0 Å². The number of nitrogens with two attached hydrogens (primary N) is 1. The van der Waals surface area contributed by atoms with Crippen LogP contribution in [0.1, 0.15) is 37.3 Å². The van der Waals surface area contributed by atoms with E-state index >= 15 is 0 Å². The van der Waals surface area contributed by atoms with Crippen molar-refractivity contribution >= 4 is 0 Å². The normalized spacial score (nSPS) is 36.9. The first-order valence-corrected chi connectivity index (χ1v) is 6.19. The molecule has 0 spiro atoms. The Hall–Kier alpha value is -1.02. The molecule has 2 heteroatoms. The second kappa shape index (κ2) is 3.24. The summed E-state index contributed by atoms with van der Waals surface area (Å²) in [6.07, 6.45) is 4.77. The van der Waals surface area contributed by atoms with E-state index in [4.69, 9.17) is 5.73 Å². The average molecular weight is 217 g/mol. The zero-order valence-electron chi connectivity index (χ0n) is 9.74. The van der Waals surface area contributed by atoms with Crippen molar-refractivity contribution < 1.29 is 5.11 Å². The molecule has 2 aliphatic rings. The SMILES string of the molecule is C[C@@]12CCCC(Cc3ccc(O)cc31)[C@@H]2N. The Morgan fingerprint density at radius 2 is 2.25 bits per heavy atom. The smallest absolute Gasteiger partial charge is 0.115 e. The number of hydrogen-bond acceptors (Lipinski definition) is 2. The molecule has 3 rings (SSSR count). The zero-order valence-corrected chi connectivity index (χ0v) is 9.74. The molecule has 0 saturated heterocycles. The van der Waals surface area contributed by atoms with Gasteiger partial charge in [0.05, 0.1) is 0 Å². The van der Waals surface area contributed by atoms with Crippen LogP contribution in [0.25, 0.3) is 0 Å². The molecule has 0 amide bonds. The van der Waals surface area contributed by atoms with Crippen molar-refractivity contribution in [2.75, 3.05) is 0 Å². The second-order valence-corrected chi connectivity index (χ2v) is 5.64. The van der Waals surface area contributed by atoms with Crippen molar-refractivity contribution in [2.45, 2.75) is 44.1 Å². The predicted molar refractivity (Wildman–Crippen MR) is 64.5 cm³/mol. The molecule has 0 aliphatic heterocycles. The van der Waals surface area contributed by atoms with Crippen LogP contribution in [0.15, 0.2) is 18.2 Å². The van der Waals surface area contributed by atoms with Gasteiger partial charge in [0.25, 0.3) is 0 Å². The van der Waals surface area contributed by atoms with Gasteiger partial charge in [0.15, 0.2) is 0 Å². The minimum absolute atomic E-state index is 0.0786. The van der Waals surface area contributed by atoms with E-state index in [0.29, 0.717) is 11.7 Å². The van der Waals surface area contributed by atoms with Crippen LogP contribution < -0.4 is 5.73 Å². The molecule has 1 aromatic carbocycles. The molecule has 3 atom stereocenters. The fraction of sp³-hybridized carbons (Fsp3) is 0.571. The first kappa shape index (κ1) is 10.2. The topological polar surface area (TPSA) is 46.2 Å². The lowest BCUT2D eigenvalue weighted by molar-refractivity contribution is 0.173. The van der Waals surface area contributed by atoms with Crippen LogP contribution in [0.2, 0.25) is 0 Å². The van der Waals surface area contributed by atoms with Crippen LogP contribution in [0.5, 0.6) is 5.75 Å². The van der Waals surface area contributed by atoms with Crippen LogP contribution >= 0.6 is 0 Å². The average Bonchev–Trinajstić information content (AvgIpc) is 2.25. The third-order valence-corrected chi connectivity index (χ3v) is 4.71. The summed E-state index contributed by atoms with van der Waals surface area (Å²) in [5.74, 6) is 1.01. The van der Waals surface area contributed by atoms with Gasteiger partial charge < -0.3 is 10.8 Å². The maximum atomic E-state index is 9.65. The third kappa shape index (κ3) is 1.23. The van der Waals surface area contributed by atoms with Crippen molar-refractivity contribution in [3.63, 3.8) is 0 Å². The summed E-state index contributed by atoms with van der Waals surface area (Å²) >= 11 is 0. The number of benzene rings is 1. The fourth-order valence-corrected chi connectivity index (χ4v) is 3.70. The summed E-state index contributed by atoms with van der Waals surface area (Å²) in [6.45, 7) is 2.27. The van der Waals surface area contributed by atoms with Gasteiger partial charge in [-0.25, -0.2) is 0 Å². The molecule has 2 nitrogen and oxygen atoms in total. The molecule has 16 heavy (non-hydrogen) atoms. The first-order valence-electron chi connectivity index (χ1n) is 6.19. The summed E-state index contributed by atoms with van der Waals surface area (Å²) in [7, 11) is 0. The largest absolute Gasteiger partial charge is 0.508 e. The molecular formula is C14H19NO. The van der Waals surface area contributed by atoms with Gasteiger partial charge in [-0.2, -0.15) is 0 Å². The number of aromatic hydroxyl groups is 1. The molecule has 1 aromatic rings. The van der Waals surface area contributed by atoms with Crippen molar-refractivity contribution in [2.24, 2.45) is 11.7 Å². The third-order valence-electron chi connectivity index (χ3n) is 4.71. The Morgan fingerprint density at radius 1 is 1.44 bits per heavy atom. The molecule has 0 heterocycles. The highest BCUT2D eigenvalue weighted by atomic mass is 16.3. The Balaban J connectivity index is 2.18. The van der Waals surface area contributed by atoms with E-state index < -0.39 is 0 Å². The maximum absolute atomic E-state index is 9.65. The molecular weight excluding hydrogens is 198 g/mol. The molecule has 1 fully saturated rings. The van der Waals surface area contributed by atoms with E-state index in [-0.39, 0.29) is 11.5 Å². The number of phenols is 1. The van der Waals surface area contributed by atoms with Gasteiger partial charge in [-0.1, -0.05) is 19.4 Å². The minimum Gasteiger partial charge on any atom is -0.508 e. The van der Waals surface area contributed by atoms with Crippen LogP contribution in [0, 0.1) is 5.92 Å². The summed E-state index contributed by atoms with van der Waals surface area (Å²) in [6, 6.07) is 6.06. The molecule has 1 unspecified atom stereocenters. The summed E-state index contributed by atoms with van der Waals surface area (Å²) in [5.41, 5.74) is 9.16.